The van der Waals surface area contributed by atoms with E-state index in [2.05, 4.69) is 174 Å². The van der Waals surface area contributed by atoms with E-state index in [4.69, 9.17) is 15.0 Å². The van der Waals surface area contributed by atoms with E-state index < -0.39 is 0 Å². The van der Waals surface area contributed by atoms with Gasteiger partial charge in [0.05, 0.1) is 11.0 Å². The highest BCUT2D eigenvalue weighted by atomic mass is 32.1. The highest BCUT2D eigenvalue weighted by Crippen LogP contribution is 2.50. The van der Waals surface area contributed by atoms with Crippen molar-refractivity contribution < 1.29 is 0 Å². The summed E-state index contributed by atoms with van der Waals surface area (Å²) in [6.07, 6.45) is 0. The maximum Gasteiger partial charge on any atom is 0.238 e. The molecule has 12 rings (SSSR count). The van der Waals surface area contributed by atoms with E-state index in [-0.39, 0.29) is 0 Å². The van der Waals surface area contributed by atoms with Crippen LogP contribution in [-0.2, 0) is 0 Å². The third-order valence-corrected chi connectivity index (χ3v) is 12.8. The molecule has 0 saturated heterocycles. The van der Waals surface area contributed by atoms with Crippen LogP contribution in [0.2, 0.25) is 0 Å². The molecule has 280 valence electrons. The fraction of sp³-hybridized carbons (Fsp3) is 0. The predicted molar refractivity (Wildman–Crippen MR) is 252 cm³/mol. The van der Waals surface area contributed by atoms with E-state index in [1.54, 1.807) is 0 Å². The Labute approximate surface area is 350 Å². The summed E-state index contributed by atoms with van der Waals surface area (Å²) in [5.74, 6) is 1.82. The second kappa shape index (κ2) is 14.0. The first-order valence-electron chi connectivity index (χ1n) is 20.2. The van der Waals surface area contributed by atoms with Gasteiger partial charge in [-0.1, -0.05) is 188 Å². The van der Waals surface area contributed by atoms with Gasteiger partial charge in [0.15, 0.2) is 11.6 Å². The van der Waals surface area contributed by atoms with Gasteiger partial charge < -0.3 is 0 Å². The molecular formula is C55H34N4S. The lowest BCUT2D eigenvalue weighted by Crippen LogP contribution is -2.06. The third-order valence-electron chi connectivity index (χ3n) is 11.7. The van der Waals surface area contributed by atoms with Crippen LogP contribution in [0.15, 0.2) is 206 Å². The van der Waals surface area contributed by atoms with E-state index in [9.17, 15) is 0 Å². The summed E-state index contributed by atoms with van der Waals surface area (Å²) in [4.78, 5) is 15.9. The van der Waals surface area contributed by atoms with Gasteiger partial charge in [-0.15, -0.1) is 11.3 Å². The molecule has 4 nitrogen and oxygen atoms in total. The van der Waals surface area contributed by atoms with Gasteiger partial charge in [-0.25, -0.2) is 4.98 Å². The quantitative estimate of drug-likeness (QED) is 0.169. The first kappa shape index (κ1) is 34.3. The molecule has 0 atom stereocenters. The number of hydrogen-bond acceptors (Lipinski definition) is 4. The van der Waals surface area contributed by atoms with Crippen molar-refractivity contribution in [3.63, 3.8) is 0 Å². The molecule has 0 fully saturated rings. The van der Waals surface area contributed by atoms with Crippen LogP contribution in [-0.4, -0.2) is 19.5 Å². The monoisotopic (exact) mass is 782 g/mol. The third kappa shape index (κ3) is 5.55. The Bertz CT molecular complexity index is 3510. The van der Waals surface area contributed by atoms with Crippen molar-refractivity contribution in [3.05, 3.63) is 206 Å². The number of fused-ring (bicyclic) bond motifs is 8. The highest BCUT2D eigenvalue weighted by Gasteiger charge is 2.26. The fourth-order valence-electron chi connectivity index (χ4n) is 8.92. The predicted octanol–water partition coefficient (Wildman–Crippen LogP) is 14.8. The van der Waals surface area contributed by atoms with Crippen molar-refractivity contribution in [2.45, 2.75) is 0 Å². The van der Waals surface area contributed by atoms with Crippen LogP contribution in [0.4, 0.5) is 0 Å². The van der Waals surface area contributed by atoms with Gasteiger partial charge in [0.1, 0.15) is 0 Å². The molecule has 0 radical (unpaired) electrons. The topological polar surface area (TPSA) is 43.6 Å². The normalized spacial score (nSPS) is 11.7. The smallest absolute Gasteiger partial charge is 0.238 e. The van der Waals surface area contributed by atoms with Gasteiger partial charge in [-0.05, 0) is 62.4 Å². The van der Waals surface area contributed by atoms with Crippen LogP contribution in [0.25, 0.3) is 115 Å². The largest absolute Gasteiger partial charge is 0.277 e. The van der Waals surface area contributed by atoms with Crippen LogP contribution in [0, 0.1) is 0 Å². The molecule has 0 N–H and O–H groups in total. The fourth-order valence-corrected chi connectivity index (χ4v) is 10.2. The lowest BCUT2D eigenvalue weighted by molar-refractivity contribution is 0.955. The number of hydrogen-bond donors (Lipinski definition) is 0. The Morgan fingerprint density at radius 3 is 1.63 bits per heavy atom. The summed E-state index contributed by atoms with van der Waals surface area (Å²) < 4.78 is 4.78. The van der Waals surface area contributed by atoms with Gasteiger partial charge in [0.2, 0.25) is 5.95 Å². The summed E-state index contributed by atoms with van der Waals surface area (Å²) in [5.41, 5.74) is 11.1. The summed E-state index contributed by atoms with van der Waals surface area (Å²) in [6, 6.07) is 73.3. The SMILES string of the molecule is c1ccc(-c2ccc3c(c2)c2c(-c4cccc5ccccc45)cc4sc5c(-c6ccccc6)cccc5c4c2n3-c2nc(-c3ccccc3)nc(-c3ccccc3)n2)cc1. The summed E-state index contributed by atoms with van der Waals surface area (Å²) >= 11 is 1.86. The molecule has 9 aromatic carbocycles. The summed E-state index contributed by atoms with van der Waals surface area (Å²) in [5, 5.41) is 7.12. The Hall–Kier alpha value is -7.73. The first-order valence-corrected chi connectivity index (χ1v) is 21.0. The average Bonchev–Trinajstić information content (AvgIpc) is 3.88. The van der Waals surface area contributed by atoms with E-state index in [0.29, 0.717) is 17.6 Å². The lowest BCUT2D eigenvalue weighted by atomic mass is 9.92. The molecule has 3 heterocycles. The molecule has 0 bridgehead atoms. The Kier molecular flexibility index (Phi) is 8.00. The molecule has 60 heavy (non-hydrogen) atoms. The van der Waals surface area contributed by atoms with Crippen LogP contribution in [0.3, 0.4) is 0 Å². The first-order chi connectivity index (χ1) is 29.8. The van der Waals surface area contributed by atoms with E-state index >= 15 is 0 Å². The lowest BCUT2D eigenvalue weighted by Gasteiger charge is -2.13. The molecule has 5 heteroatoms. The summed E-state index contributed by atoms with van der Waals surface area (Å²) in [6.45, 7) is 0. The Morgan fingerprint density at radius 2 is 0.933 bits per heavy atom. The van der Waals surface area contributed by atoms with Crippen LogP contribution in [0.5, 0.6) is 0 Å². The molecule has 0 amide bonds. The second-order valence-electron chi connectivity index (χ2n) is 15.1. The molecule has 0 aliphatic heterocycles. The standard InChI is InChI=1S/C55H34N4S/c1-5-17-35(18-6-1)40-31-32-47-46(33-40)49-45(43-29-15-26-36-21-13-14-27-41(36)43)34-48-50(44-30-16-28-42(52(44)60-48)37-19-7-2-8-20-37)51(49)59(47)55-57-53(38-22-9-3-10-23-38)56-54(58-55)39-24-11-4-12-25-39/h1-34H. The van der Waals surface area contributed by atoms with Crippen molar-refractivity contribution in [1.29, 1.82) is 0 Å². The molecule has 0 aliphatic carbocycles. The number of benzene rings is 9. The Morgan fingerprint density at radius 1 is 0.367 bits per heavy atom. The Balaban J connectivity index is 1.30. The van der Waals surface area contributed by atoms with Crippen molar-refractivity contribution >= 4 is 64.1 Å². The van der Waals surface area contributed by atoms with E-state index in [1.807, 2.05) is 47.7 Å². The van der Waals surface area contributed by atoms with Crippen LogP contribution >= 0.6 is 11.3 Å². The number of nitrogens with zero attached hydrogens (tertiary/aromatic N) is 4. The maximum atomic E-state index is 5.39. The molecule has 0 spiro atoms. The molecule has 0 aliphatic rings. The van der Waals surface area contributed by atoms with Gasteiger partial charge >= 0.3 is 0 Å². The minimum absolute atomic E-state index is 0.574. The molecule has 3 aromatic heterocycles. The highest BCUT2D eigenvalue weighted by molar-refractivity contribution is 7.26. The minimum Gasteiger partial charge on any atom is -0.277 e. The van der Waals surface area contributed by atoms with Crippen molar-refractivity contribution in [2.75, 3.05) is 0 Å². The molecule has 12 aromatic rings. The number of thiophene rings is 1. The van der Waals surface area contributed by atoms with Crippen LogP contribution < -0.4 is 0 Å². The minimum atomic E-state index is 0.574. The van der Waals surface area contributed by atoms with Gasteiger partial charge in [0, 0.05) is 42.1 Å². The van der Waals surface area contributed by atoms with Crippen molar-refractivity contribution in [3.8, 4) is 62.1 Å². The van der Waals surface area contributed by atoms with Crippen molar-refractivity contribution in [1.82, 2.24) is 19.5 Å². The zero-order valence-electron chi connectivity index (χ0n) is 32.3. The van der Waals surface area contributed by atoms with Crippen LogP contribution in [0.1, 0.15) is 0 Å². The van der Waals surface area contributed by atoms with E-state index in [1.165, 1.54) is 64.1 Å². The van der Waals surface area contributed by atoms with Gasteiger partial charge in [0.25, 0.3) is 0 Å². The summed E-state index contributed by atoms with van der Waals surface area (Å²) in [7, 11) is 0. The maximum absolute atomic E-state index is 5.39. The van der Waals surface area contributed by atoms with Crippen molar-refractivity contribution in [2.24, 2.45) is 0 Å². The van der Waals surface area contributed by atoms with Gasteiger partial charge in [-0.3, -0.25) is 4.57 Å². The average molecular weight is 783 g/mol. The second-order valence-corrected chi connectivity index (χ2v) is 16.2. The number of rotatable bonds is 6. The zero-order valence-corrected chi connectivity index (χ0v) is 33.1. The van der Waals surface area contributed by atoms with E-state index in [0.717, 1.165) is 33.1 Å². The van der Waals surface area contributed by atoms with Gasteiger partial charge in [-0.2, -0.15) is 9.97 Å². The molecule has 0 saturated carbocycles. The zero-order chi connectivity index (χ0) is 39.6. The molecule has 0 unspecified atom stereocenters. The molecular weight excluding hydrogens is 749 g/mol. The number of aromatic nitrogens is 4.